The largest absolute Gasteiger partial charge is 0.548 e. The van der Waals surface area contributed by atoms with Crippen LogP contribution in [0.3, 0.4) is 0 Å². The molecule has 0 radical (unpaired) electrons. The Morgan fingerprint density at radius 1 is 1.41 bits per heavy atom. The molecule has 2 N–H and O–H groups in total. The molecule has 1 heterocycles. The van der Waals surface area contributed by atoms with Gasteiger partial charge in [-0.05, 0) is 38.3 Å². The molecule has 1 rings (SSSR count). The standard InChI is InChI=1S/C16H21NO4S/c1-10(2)9-12(15(19)20)17-14(18)13-6-5-11(22-13)7-8-16(3,4)21/h5-6,10,12,21H,9H2,1-4H3,(H,17,18)(H,19,20)/p-1/t12-/m0/s1. The maximum atomic E-state index is 12.1. The molecule has 0 saturated carbocycles. The van der Waals surface area contributed by atoms with Crippen LogP contribution in [0.4, 0.5) is 0 Å². The van der Waals surface area contributed by atoms with Crippen molar-refractivity contribution in [2.45, 2.75) is 45.8 Å². The number of nitrogens with one attached hydrogen (secondary N) is 1. The van der Waals surface area contributed by atoms with E-state index in [1.807, 2.05) is 13.8 Å². The predicted octanol–water partition coefficient (Wildman–Crippen LogP) is 0.765. The first-order valence-corrected chi connectivity index (χ1v) is 7.77. The van der Waals surface area contributed by atoms with Crippen molar-refractivity contribution in [3.63, 3.8) is 0 Å². The maximum absolute atomic E-state index is 12.1. The fraction of sp³-hybridized carbons (Fsp3) is 0.500. The Morgan fingerprint density at radius 3 is 2.55 bits per heavy atom. The van der Waals surface area contributed by atoms with E-state index in [4.69, 9.17) is 0 Å². The van der Waals surface area contributed by atoms with Gasteiger partial charge in [0.05, 0.1) is 21.8 Å². The van der Waals surface area contributed by atoms with Gasteiger partial charge in [-0.15, -0.1) is 11.3 Å². The second kappa shape index (κ2) is 7.43. The molecule has 1 atom stereocenters. The van der Waals surface area contributed by atoms with Crippen LogP contribution in [-0.4, -0.2) is 28.6 Å². The summed E-state index contributed by atoms with van der Waals surface area (Å²) in [5.74, 6) is 3.81. The highest BCUT2D eigenvalue weighted by Gasteiger charge is 2.17. The van der Waals surface area contributed by atoms with E-state index in [0.29, 0.717) is 16.2 Å². The maximum Gasteiger partial charge on any atom is 0.261 e. The van der Waals surface area contributed by atoms with Gasteiger partial charge >= 0.3 is 0 Å². The molecule has 1 aromatic heterocycles. The van der Waals surface area contributed by atoms with Crippen LogP contribution in [0.15, 0.2) is 12.1 Å². The zero-order valence-electron chi connectivity index (χ0n) is 13.1. The van der Waals surface area contributed by atoms with Gasteiger partial charge in [0, 0.05) is 0 Å². The summed E-state index contributed by atoms with van der Waals surface area (Å²) in [5.41, 5.74) is -1.11. The number of hydrogen-bond donors (Lipinski definition) is 2. The Bertz CT molecular complexity index is 602. The molecule has 0 saturated heterocycles. The van der Waals surface area contributed by atoms with Crippen LogP contribution in [0.5, 0.6) is 0 Å². The quantitative estimate of drug-likeness (QED) is 0.784. The van der Waals surface area contributed by atoms with Crippen molar-refractivity contribution in [2.24, 2.45) is 5.92 Å². The molecule has 0 bridgehead atoms. The van der Waals surface area contributed by atoms with E-state index in [9.17, 15) is 19.8 Å². The fourth-order valence-electron chi connectivity index (χ4n) is 1.66. The number of carboxylic acid groups (broad SMARTS) is 1. The number of rotatable bonds is 5. The summed E-state index contributed by atoms with van der Waals surface area (Å²) in [7, 11) is 0. The van der Waals surface area contributed by atoms with Crippen LogP contribution < -0.4 is 10.4 Å². The summed E-state index contributed by atoms with van der Waals surface area (Å²) in [5, 5.41) is 23.0. The molecule has 1 amide bonds. The van der Waals surface area contributed by atoms with E-state index in [1.165, 1.54) is 0 Å². The monoisotopic (exact) mass is 322 g/mol. The molecule has 0 unspecified atom stereocenters. The number of carboxylic acids is 1. The minimum Gasteiger partial charge on any atom is -0.548 e. The van der Waals surface area contributed by atoms with Crippen molar-refractivity contribution in [1.82, 2.24) is 5.32 Å². The van der Waals surface area contributed by atoms with E-state index in [2.05, 4.69) is 17.2 Å². The Morgan fingerprint density at radius 2 is 2.05 bits per heavy atom. The Labute approximate surface area is 134 Å². The predicted molar refractivity (Wildman–Crippen MR) is 83.2 cm³/mol. The molecule has 22 heavy (non-hydrogen) atoms. The van der Waals surface area contributed by atoms with Gasteiger partial charge in [0.25, 0.3) is 5.91 Å². The molecule has 0 aliphatic carbocycles. The van der Waals surface area contributed by atoms with Crippen LogP contribution in [-0.2, 0) is 4.79 Å². The first-order valence-electron chi connectivity index (χ1n) is 6.95. The lowest BCUT2D eigenvalue weighted by atomic mass is 10.0. The van der Waals surface area contributed by atoms with Gasteiger partial charge in [0.15, 0.2) is 0 Å². The zero-order chi connectivity index (χ0) is 16.9. The number of thiophene rings is 1. The lowest BCUT2D eigenvalue weighted by molar-refractivity contribution is -0.308. The SMILES string of the molecule is CC(C)C[C@H](NC(=O)c1ccc(C#CC(C)(C)O)s1)C(=O)[O-]. The summed E-state index contributed by atoms with van der Waals surface area (Å²) in [4.78, 5) is 24.1. The average Bonchev–Trinajstić information content (AvgIpc) is 2.82. The van der Waals surface area contributed by atoms with Crippen LogP contribution in [0.2, 0.25) is 0 Å². The number of carbonyl (C=O) groups is 2. The second-order valence-electron chi connectivity index (χ2n) is 5.95. The summed E-state index contributed by atoms with van der Waals surface area (Å²) >= 11 is 1.14. The van der Waals surface area contributed by atoms with Crippen LogP contribution in [0, 0.1) is 17.8 Å². The normalized spacial score (nSPS) is 12.5. The third-order valence-electron chi connectivity index (χ3n) is 2.62. The van der Waals surface area contributed by atoms with Crippen LogP contribution in [0.1, 0.15) is 48.7 Å². The van der Waals surface area contributed by atoms with Crippen molar-refractivity contribution < 1.29 is 19.8 Å². The average molecular weight is 322 g/mol. The Kier molecular flexibility index (Phi) is 6.15. The first-order chi connectivity index (χ1) is 10.1. The number of aliphatic carboxylic acids is 1. The lowest BCUT2D eigenvalue weighted by Crippen LogP contribution is -2.48. The molecule has 1 aromatic rings. The third-order valence-corrected chi connectivity index (χ3v) is 3.62. The minimum absolute atomic E-state index is 0.125. The first kappa shape index (κ1) is 18.2. The van der Waals surface area contributed by atoms with Crippen molar-refractivity contribution in [3.8, 4) is 11.8 Å². The molecule has 0 aliphatic heterocycles. The molecule has 120 valence electrons. The van der Waals surface area contributed by atoms with Crippen molar-refractivity contribution in [2.75, 3.05) is 0 Å². The van der Waals surface area contributed by atoms with Crippen molar-refractivity contribution in [3.05, 3.63) is 21.9 Å². The molecular weight excluding hydrogens is 302 g/mol. The van der Waals surface area contributed by atoms with Gasteiger partial charge < -0.3 is 20.3 Å². The van der Waals surface area contributed by atoms with Crippen LogP contribution >= 0.6 is 11.3 Å². The Hall–Kier alpha value is -1.84. The topological polar surface area (TPSA) is 89.5 Å². The molecular formula is C16H20NO4S-. The second-order valence-corrected chi connectivity index (χ2v) is 7.03. The Balaban J connectivity index is 2.79. The van der Waals surface area contributed by atoms with Gasteiger partial charge in [0.1, 0.15) is 5.60 Å². The van der Waals surface area contributed by atoms with Gasteiger partial charge in [-0.1, -0.05) is 25.7 Å². The summed E-state index contributed by atoms with van der Waals surface area (Å²) in [6.45, 7) is 6.88. The minimum atomic E-state index is -1.29. The van der Waals surface area contributed by atoms with Crippen molar-refractivity contribution in [1.29, 1.82) is 0 Å². The van der Waals surface area contributed by atoms with Crippen molar-refractivity contribution >= 4 is 23.2 Å². The number of amides is 1. The third kappa shape index (κ3) is 6.29. The zero-order valence-corrected chi connectivity index (χ0v) is 13.9. The number of hydrogen-bond acceptors (Lipinski definition) is 5. The van der Waals surface area contributed by atoms with E-state index in [1.54, 1.807) is 26.0 Å². The summed E-state index contributed by atoms with van der Waals surface area (Å²) in [6.07, 6.45) is 0.310. The molecule has 0 aromatic carbocycles. The summed E-state index contributed by atoms with van der Waals surface area (Å²) < 4.78 is 0. The van der Waals surface area contributed by atoms with Gasteiger partial charge in [-0.25, -0.2) is 0 Å². The summed E-state index contributed by atoms with van der Waals surface area (Å²) in [6, 6.07) is 2.23. The molecule has 0 spiro atoms. The van der Waals surface area contributed by atoms with Crippen LogP contribution in [0.25, 0.3) is 0 Å². The van der Waals surface area contributed by atoms with E-state index in [-0.39, 0.29) is 5.92 Å². The highest BCUT2D eigenvalue weighted by atomic mass is 32.1. The molecule has 6 heteroatoms. The molecule has 0 fully saturated rings. The number of carbonyl (C=O) groups excluding carboxylic acids is 2. The smallest absolute Gasteiger partial charge is 0.261 e. The van der Waals surface area contributed by atoms with E-state index >= 15 is 0 Å². The van der Waals surface area contributed by atoms with E-state index < -0.39 is 23.5 Å². The molecule has 5 nitrogen and oxygen atoms in total. The fourth-order valence-corrected chi connectivity index (χ4v) is 2.42. The highest BCUT2D eigenvalue weighted by molar-refractivity contribution is 7.14. The van der Waals surface area contributed by atoms with Gasteiger partial charge in [-0.3, -0.25) is 4.79 Å². The molecule has 0 aliphatic rings. The van der Waals surface area contributed by atoms with Gasteiger partial charge in [-0.2, -0.15) is 0 Å². The number of aliphatic hydroxyl groups is 1. The lowest BCUT2D eigenvalue weighted by Gasteiger charge is -2.21. The van der Waals surface area contributed by atoms with Gasteiger partial charge in [0.2, 0.25) is 0 Å². The van der Waals surface area contributed by atoms with E-state index in [0.717, 1.165) is 11.3 Å². The highest BCUT2D eigenvalue weighted by Crippen LogP contribution is 2.16.